The lowest BCUT2D eigenvalue weighted by atomic mass is 9.44. The van der Waals surface area contributed by atoms with Crippen LogP contribution in [0.4, 0.5) is 4.79 Å². The first-order valence-corrected chi connectivity index (χ1v) is 7.75. The molecule has 0 radical (unpaired) electrons. The topological polar surface area (TPSA) is 58.6 Å². The van der Waals surface area contributed by atoms with Gasteiger partial charge >= 0.3 is 6.09 Å². The van der Waals surface area contributed by atoms with Gasteiger partial charge in [-0.3, -0.25) is 0 Å². The summed E-state index contributed by atoms with van der Waals surface area (Å²) in [5.41, 5.74) is -0.172. The van der Waals surface area contributed by atoms with Crippen LogP contribution in [0.3, 0.4) is 0 Å². The third-order valence-electron chi connectivity index (χ3n) is 5.26. The molecule has 0 aromatic carbocycles. The number of carbonyl (C=O) groups is 1. The highest BCUT2D eigenvalue weighted by molar-refractivity contribution is 5.68. The molecule has 2 bridgehead atoms. The zero-order valence-electron chi connectivity index (χ0n) is 13.4. The molecule has 3 aliphatic rings. The lowest BCUT2D eigenvalue weighted by Crippen LogP contribution is -2.63. The van der Waals surface area contributed by atoms with Crippen LogP contribution < -0.4 is 5.32 Å². The van der Waals surface area contributed by atoms with Crippen molar-refractivity contribution in [2.45, 2.75) is 65.5 Å². The van der Waals surface area contributed by atoms with Crippen LogP contribution in [0, 0.1) is 23.2 Å². The highest BCUT2D eigenvalue weighted by Gasteiger charge is 2.57. The maximum Gasteiger partial charge on any atom is 0.407 e. The van der Waals surface area contributed by atoms with Gasteiger partial charge in [-0.2, -0.15) is 0 Å². The summed E-state index contributed by atoms with van der Waals surface area (Å²) in [4.78, 5) is 12.1. The van der Waals surface area contributed by atoms with Gasteiger partial charge in [0.05, 0.1) is 0 Å². The number of rotatable bonds is 3. The summed E-state index contributed by atoms with van der Waals surface area (Å²) in [5.74, 6) is 1.62. The number of carbonyl (C=O) groups excluding carboxylic acids is 1. The molecule has 116 valence electrons. The van der Waals surface area contributed by atoms with Crippen molar-refractivity contribution < 1.29 is 14.6 Å². The van der Waals surface area contributed by atoms with Crippen LogP contribution in [0.15, 0.2) is 0 Å². The molecule has 4 nitrogen and oxygen atoms in total. The predicted molar refractivity (Wildman–Crippen MR) is 78.3 cm³/mol. The first-order chi connectivity index (χ1) is 9.15. The fourth-order valence-corrected chi connectivity index (χ4v) is 4.03. The zero-order valence-corrected chi connectivity index (χ0v) is 13.4. The highest BCUT2D eigenvalue weighted by atomic mass is 16.6. The third kappa shape index (κ3) is 2.95. The number of hydrogen-bond acceptors (Lipinski definition) is 3. The number of aliphatic hydroxyl groups is 1. The maximum atomic E-state index is 12.1. The van der Waals surface area contributed by atoms with Crippen molar-refractivity contribution in [3.63, 3.8) is 0 Å². The van der Waals surface area contributed by atoms with Gasteiger partial charge in [0.25, 0.3) is 0 Å². The molecule has 0 aromatic rings. The van der Waals surface area contributed by atoms with Crippen molar-refractivity contribution in [1.29, 1.82) is 0 Å². The molecule has 3 aliphatic carbocycles. The van der Waals surface area contributed by atoms with Crippen molar-refractivity contribution in [3.05, 3.63) is 0 Å². The minimum absolute atomic E-state index is 0.136. The van der Waals surface area contributed by atoms with Crippen LogP contribution in [-0.4, -0.2) is 29.4 Å². The molecular formula is C16H29NO3. The molecule has 0 aromatic heterocycles. The monoisotopic (exact) mass is 283 g/mol. The Bertz CT molecular complexity index is 372. The van der Waals surface area contributed by atoms with E-state index in [1.54, 1.807) is 0 Å². The van der Waals surface area contributed by atoms with Crippen molar-refractivity contribution >= 4 is 6.09 Å². The number of aliphatic hydroxyl groups excluding tert-OH is 1. The molecule has 0 spiro atoms. The van der Waals surface area contributed by atoms with Gasteiger partial charge < -0.3 is 15.2 Å². The van der Waals surface area contributed by atoms with Gasteiger partial charge in [0.15, 0.2) is 0 Å². The Labute approximate surface area is 122 Å². The summed E-state index contributed by atoms with van der Waals surface area (Å²) in [6, 6.07) is 0.136. The number of amides is 1. The molecule has 1 amide bonds. The van der Waals surface area contributed by atoms with Crippen LogP contribution in [0.5, 0.6) is 0 Å². The van der Waals surface area contributed by atoms with Gasteiger partial charge in [-0.15, -0.1) is 0 Å². The van der Waals surface area contributed by atoms with Gasteiger partial charge in [-0.05, 0) is 63.2 Å². The quantitative estimate of drug-likeness (QED) is 0.837. The van der Waals surface area contributed by atoms with Crippen molar-refractivity contribution in [1.82, 2.24) is 5.32 Å². The Morgan fingerprint density at radius 3 is 2.50 bits per heavy atom. The molecule has 0 unspecified atom stereocenters. The van der Waals surface area contributed by atoms with Crippen molar-refractivity contribution in [2.75, 3.05) is 6.61 Å². The molecule has 0 aliphatic heterocycles. The predicted octanol–water partition coefficient (Wildman–Crippen LogP) is 2.94. The van der Waals surface area contributed by atoms with E-state index >= 15 is 0 Å². The summed E-state index contributed by atoms with van der Waals surface area (Å²) in [6.45, 7) is 10.4. The van der Waals surface area contributed by atoms with Gasteiger partial charge in [0, 0.05) is 12.6 Å². The zero-order chi connectivity index (χ0) is 15.1. The van der Waals surface area contributed by atoms with E-state index in [1.807, 2.05) is 20.8 Å². The second-order valence-electron chi connectivity index (χ2n) is 8.04. The Morgan fingerprint density at radius 2 is 2.00 bits per heavy atom. The minimum atomic E-state index is -0.469. The number of nitrogens with one attached hydrogen (secondary N) is 1. The largest absolute Gasteiger partial charge is 0.444 e. The SMILES string of the molecule is CC(C)(C)OC(=O)N[C@@H]1[C@H](CCO)C[C@H]2C[C@H]1C2(C)C. The summed E-state index contributed by atoms with van der Waals surface area (Å²) in [7, 11) is 0. The van der Waals surface area contributed by atoms with E-state index in [0.717, 1.165) is 18.8 Å². The van der Waals surface area contributed by atoms with Crippen molar-refractivity contribution in [2.24, 2.45) is 23.2 Å². The average molecular weight is 283 g/mol. The first kappa shape index (κ1) is 15.6. The summed E-state index contributed by atoms with van der Waals surface area (Å²) in [6.07, 6.45) is 2.73. The van der Waals surface area contributed by atoms with E-state index in [9.17, 15) is 9.90 Å². The van der Waals surface area contributed by atoms with Gasteiger partial charge in [0.2, 0.25) is 0 Å². The number of hydrogen-bond donors (Lipinski definition) is 2. The van der Waals surface area contributed by atoms with Gasteiger partial charge in [-0.1, -0.05) is 13.8 Å². The molecule has 3 fully saturated rings. The molecule has 0 heterocycles. The third-order valence-corrected chi connectivity index (χ3v) is 5.26. The molecule has 2 N–H and O–H groups in total. The second kappa shape index (κ2) is 5.21. The molecule has 3 rings (SSSR count). The molecule has 3 saturated carbocycles. The average Bonchev–Trinajstić information content (AvgIpc) is 2.28. The van der Waals surface area contributed by atoms with E-state index < -0.39 is 5.60 Å². The normalized spacial score (nSPS) is 35.1. The molecular weight excluding hydrogens is 254 g/mol. The minimum Gasteiger partial charge on any atom is -0.444 e. The van der Waals surface area contributed by atoms with Gasteiger partial charge in [0.1, 0.15) is 5.60 Å². The van der Waals surface area contributed by atoms with E-state index in [-0.39, 0.29) is 18.7 Å². The maximum absolute atomic E-state index is 12.1. The Hall–Kier alpha value is -0.770. The van der Waals surface area contributed by atoms with E-state index in [4.69, 9.17) is 4.74 Å². The number of alkyl carbamates (subject to hydrolysis) is 1. The van der Waals surface area contributed by atoms with E-state index in [1.165, 1.54) is 6.42 Å². The van der Waals surface area contributed by atoms with Crippen molar-refractivity contribution in [3.8, 4) is 0 Å². The number of fused-ring (bicyclic) bond motifs is 2. The smallest absolute Gasteiger partial charge is 0.407 e. The van der Waals surface area contributed by atoms with Crippen LogP contribution >= 0.6 is 0 Å². The van der Waals surface area contributed by atoms with Crippen LogP contribution in [-0.2, 0) is 4.74 Å². The highest BCUT2D eigenvalue weighted by Crippen LogP contribution is 2.61. The second-order valence-corrected chi connectivity index (χ2v) is 8.04. The molecule has 20 heavy (non-hydrogen) atoms. The van der Waals surface area contributed by atoms with Crippen LogP contribution in [0.25, 0.3) is 0 Å². The lowest BCUT2D eigenvalue weighted by molar-refractivity contribution is -0.117. The van der Waals surface area contributed by atoms with Gasteiger partial charge in [-0.25, -0.2) is 4.79 Å². The van der Waals surface area contributed by atoms with Crippen LogP contribution in [0.2, 0.25) is 0 Å². The molecule has 4 atom stereocenters. The molecule has 4 heteroatoms. The fourth-order valence-electron chi connectivity index (χ4n) is 4.03. The Kier molecular flexibility index (Phi) is 4.07. The summed E-state index contributed by atoms with van der Waals surface area (Å²) < 4.78 is 5.39. The van der Waals surface area contributed by atoms with E-state index in [2.05, 4.69) is 19.2 Å². The Balaban J connectivity index is 2.03. The standard InChI is InChI=1S/C16H29NO3/c1-15(2,3)20-14(19)17-13-10(6-7-18)8-11-9-12(13)16(11,4)5/h10-13,18H,6-9H2,1-5H3,(H,17,19)/t10-,11+,12-,13-/m1/s1. The molecule has 0 saturated heterocycles. The Morgan fingerprint density at radius 1 is 1.35 bits per heavy atom. The van der Waals surface area contributed by atoms with E-state index in [0.29, 0.717) is 17.3 Å². The fraction of sp³-hybridized carbons (Fsp3) is 0.938. The first-order valence-electron chi connectivity index (χ1n) is 7.75. The summed E-state index contributed by atoms with van der Waals surface area (Å²) in [5, 5.41) is 12.3. The number of ether oxygens (including phenoxy) is 1. The van der Waals surface area contributed by atoms with Crippen LogP contribution in [0.1, 0.15) is 53.9 Å². The summed E-state index contributed by atoms with van der Waals surface area (Å²) >= 11 is 0. The lowest BCUT2D eigenvalue weighted by Gasteiger charge is -2.62.